The lowest BCUT2D eigenvalue weighted by molar-refractivity contribution is 0.158. The quantitative estimate of drug-likeness (QED) is 0.855. The Kier molecular flexibility index (Phi) is 3.19. The summed E-state index contributed by atoms with van der Waals surface area (Å²) in [6.07, 6.45) is 4.49. The molecule has 1 aliphatic rings. The number of hydrogen-bond acceptors (Lipinski definition) is 3. The van der Waals surface area contributed by atoms with E-state index in [9.17, 15) is 5.11 Å². The monoisotopic (exact) mass is 224 g/mol. The van der Waals surface area contributed by atoms with Gasteiger partial charge in [-0.25, -0.2) is 0 Å². The minimum Gasteiger partial charge on any atom is -0.493 e. The minimum atomic E-state index is -0.247. The fourth-order valence-corrected chi connectivity index (χ4v) is 2.54. The maximum atomic E-state index is 9.99. The molecule has 1 saturated carbocycles. The first-order valence-corrected chi connectivity index (χ1v) is 5.94. The number of aromatic nitrogens is 2. The zero-order chi connectivity index (χ0) is 11.7. The van der Waals surface area contributed by atoms with E-state index in [2.05, 4.69) is 18.9 Å². The van der Waals surface area contributed by atoms with E-state index >= 15 is 0 Å². The summed E-state index contributed by atoms with van der Waals surface area (Å²) in [4.78, 5) is 0. The van der Waals surface area contributed by atoms with Crippen molar-refractivity contribution < 1.29 is 9.84 Å². The van der Waals surface area contributed by atoms with Gasteiger partial charge in [0.1, 0.15) is 0 Å². The van der Waals surface area contributed by atoms with Gasteiger partial charge in [0.05, 0.1) is 25.1 Å². The summed E-state index contributed by atoms with van der Waals surface area (Å²) in [7, 11) is 1.66. The van der Waals surface area contributed by atoms with Gasteiger partial charge >= 0.3 is 0 Å². The Labute approximate surface area is 96.2 Å². The molecule has 90 valence electrons. The Balaban J connectivity index is 2.39. The van der Waals surface area contributed by atoms with Gasteiger partial charge < -0.3 is 9.84 Å². The molecule has 1 aliphatic carbocycles. The maximum Gasteiger partial charge on any atom is 0.160 e. The molecule has 0 amide bonds. The number of rotatable bonds is 3. The van der Waals surface area contributed by atoms with Crippen molar-refractivity contribution >= 4 is 0 Å². The van der Waals surface area contributed by atoms with Gasteiger partial charge in [0.15, 0.2) is 5.75 Å². The third-order valence-corrected chi connectivity index (χ3v) is 3.34. The first-order chi connectivity index (χ1) is 7.65. The first kappa shape index (κ1) is 11.5. The molecule has 1 fully saturated rings. The van der Waals surface area contributed by atoms with E-state index in [4.69, 9.17) is 4.74 Å². The van der Waals surface area contributed by atoms with Crippen LogP contribution in [0.1, 0.15) is 50.8 Å². The molecule has 2 unspecified atom stereocenters. The molecule has 1 aromatic heterocycles. The Morgan fingerprint density at radius 2 is 2.25 bits per heavy atom. The zero-order valence-electron chi connectivity index (χ0n) is 10.2. The third-order valence-electron chi connectivity index (χ3n) is 3.34. The van der Waals surface area contributed by atoms with Crippen LogP contribution in [0.5, 0.6) is 5.75 Å². The third kappa shape index (κ3) is 1.82. The highest BCUT2D eigenvalue weighted by Gasteiger charge is 2.32. The summed E-state index contributed by atoms with van der Waals surface area (Å²) in [6.45, 7) is 4.19. The van der Waals surface area contributed by atoms with Crippen LogP contribution in [0.3, 0.4) is 0 Å². The first-order valence-electron chi connectivity index (χ1n) is 5.94. The number of aliphatic hydroxyl groups is 1. The largest absolute Gasteiger partial charge is 0.493 e. The highest BCUT2D eigenvalue weighted by Crippen LogP contribution is 2.39. The lowest BCUT2D eigenvalue weighted by Crippen LogP contribution is -2.18. The van der Waals surface area contributed by atoms with E-state index < -0.39 is 0 Å². The van der Waals surface area contributed by atoms with Crippen LogP contribution in [0.2, 0.25) is 0 Å². The number of hydrogen-bond donors (Lipinski definition) is 1. The van der Waals surface area contributed by atoms with Crippen LogP contribution in [0, 0.1) is 0 Å². The lowest BCUT2D eigenvalue weighted by atomic mass is 10.0. The van der Waals surface area contributed by atoms with Gasteiger partial charge in [-0.15, -0.1) is 0 Å². The van der Waals surface area contributed by atoms with Crippen LogP contribution in [-0.4, -0.2) is 28.1 Å². The topological polar surface area (TPSA) is 47.3 Å². The summed E-state index contributed by atoms with van der Waals surface area (Å²) in [5, 5.41) is 14.3. The number of methoxy groups -OCH3 is 1. The zero-order valence-corrected chi connectivity index (χ0v) is 10.2. The molecule has 0 bridgehead atoms. The van der Waals surface area contributed by atoms with Crippen molar-refractivity contribution in [3.63, 3.8) is 0 Å². The van der Waals surface area contributed by atoms with E-state index in [-0.39, 0.29) is 12.0 Å². The highest BCUT2D eigenvalue weighted by molar-refractivity contribution is 5.30. The van der Waals surface area contributed by atoms with Gasteiger partial charge in [0.2, 0.25) is 0 Å². The number of ether oxygens (including phenoxy) is 1. The molecule has 0 saturated heterocycles. The molecule has 16 heavy (non-hydrogen) atoms. The molecule has 1 N–H and O–H groups in total. The average Bonchev–Trinajstić information content (AvgIpc) is 2.82. The molecule has 4 heteroatoms. The maximum absolute atomic E-state index is 9.99. The van der Waals surface area contributed by atoms with Crippen LogP contribution in [0.15, 0.2) is 6.20 Å². The van der Waals surface area contributed by atoms with E-state index in [0.717, 1.165) is 30.7 Å². The molecule has 0 aliphatic heterocycles. The fraction of sp³-hybridized carbons (Fsp3) is 0.750. The molecule has 2 atom stereocenters. The second-order valence-corrected chi connectivity index (χ2v) is 4.74. The van der Waals surface area contributed by atoms with E-state index in [1.54, 1.807) is 13.3 Å². The number of aliphatic hydroxyl groups excluding tert-OH is 1. The Morgan fingerprint density at radius 1 is 1.50 bits per heavy atom. The van der Waals surface area contributed by atoms with Crippen molar-refractivity contribution in [2.75, 3.05) is 7.11 Å². The van der Waals surface area contributed by atoms with Crippen molar-refractivity contribution in [1.82, 2.24) is 9.78 Å². The summed E-state index contributed by atoms with van der Waals surface area (Å²) in [5.41, 5.74) is 1.06. The van der Waals surface area contributed by atoms with Crippen molar-refractivity contribution in [2.24, 2.45) is 0 Å². The Bertz CT molecular complexity index is 360. The molecule has 1 heterocycles. The molecular weight excluding hydrogens is 204 g/mol. The van der Waals surface area contributed by atoms with E-state index in [1.165, 1.54) is 0 Å². The smallest absolute Gasteiger partial charge is 0.160 e. The van der Waals surface area contributed by atoms with Crippen molar-refractivity contribution in [3.8, 4) is 5.75 Å². The summed E-state index contributed by atoms with van der Waals surface area (Å²) < 4.78 is 7.31. The summed E-state index contributed by atoms with van der Waals surface area (Å²) >= 11 is 0. The molecular formula is C12H20N2O2. The van der Waals surface area contributed by atoms with Gasteiger partial charge in [-0.2, -0.15) is 5.10 Å². The molecule has 1 aromatic rings. The SMILES string of the molecule is COc1cnn(C(C)C)c1C1CCCC1O. The van der Waals surface area contributed by atoms with Crippen molar-refractivity contribution in [2.45, 2.75) is 51.2 Å². The van der Waals surface area contributed by atoms with E-state index in [0.29, 0.717) is 6.04 Å². The molecule has 4 nitrogen and oxygen atoms in total. The predicted molar refractivity (Wildman–Crippen MR) is 61.8 cm³/mol. The highest BCUT2D eigenvalue weighted by atomic mass is 16.5. The van der Waals surface area contributed by atoms with Crippen LogP contribution < -0.4 is 4.74 Å². The Hall–Kier alpha value is -1.03. The molecule has 0 aromatic carbocycles. The van der Waals surface area contributed by atoms with Crippen LogP contribution in [0.4, 0.5) is 0 Å². The summed E-state index contributed by atoms with van der Waals surface area (Å²) in [6, 6.07) is 0.298. The van der Waals surface area contributed by atoms with E-state index in [1.807, 2.05) is 4.68 Å². The van der Waals surface area contributed by atoms with Gasteiger partial charge in [-0.05, 0) is 26.7 Å². The van der Waals surface area contributed by atoms with Crippen LogP contribution in [-0.2, 0) is 0 Å². The number of nitrogens with zero attached hydrogens (tertiary/aromatic N) is 2. The summed E-state index contributed by atoms with van der Waals surface area (Å²) in [5.74, 6) is 0.986. The molecule has 0 radical (unpaired) electrons. The van der Waals surface area contributed by atoms with Gasteiger partial charge in [0.25, 0.3) is 0 Å². The van der Waals surface area contributed by atoms with Crippen molar-refractivity contribution in [3.05, 3.63) is 11.9 Å². The second kappa shape index (κ2) is 4.45. The molecule has 0 spiro atoms. The fourth-order valence-electron chi connectivity index (χ4n) is 2.54. The van der Waals surface area contributed by atoms with Crippen LogP contribution in [0.25, 0.3) is 0 Å². The lowest BCUT2D eigenvalue weighted by Gasteiger charge is -2.19. The van der Waals surface area contributed by atoms with Gasteiger partial charge in [-0.1, -0.05) is 6.42 Å². The normalized spacial score (nSPS) is 25.3. The van der Waals surface area contributed by atoms with Crippen LogP contribution >= 0.6 is 0 Å². The molecule has 2 rings (SSSR count). The predicted octanol–water partition coefficient (Wildman–Crippen LogP) is 2.10. The van der Waals surface area contributed by atoms with Gasteiger partial charge in [-0.3, -0.25) is 4.68 Å². The minimum absolute atomic E-state index is 0.180. The Morgan fingerprint density at radius 3 is 2.75 bits per heavy atom. The second-order valence-electron chi connectivity index (χ2n) is 4.74. The van der Waals surface area contributed by atoms with Crippen molar-refractivity contribution in [1.29, 1.82) is 0 Å². The standard InChI is InChI=1S/C12H20N2O2/c1-8(2)14-12(11(16-3)7-13-14)9-5-4-6-10(9)15/h7-10,15H,4-6H2,1-3H3. The van der Waals surface area contributed by atoms with Gasteiger partial charge in [0, 0.05) is 12.0 Å². The average molecular weight is 224 g/mol.